The first-order valence-corrected chi connectivity index (χ1v) is 11.6. The maximum absolute atomic E-state index is 11.2. The van der Waals surface area contributed by atoms with E-state index in [0.29, 0.717) is 10.6 Å². The van der Waals surface area contributed by atoms with Crippen molar-refractivity contribution in [3.8, 4) is 0 Å². The van der Waals surface area contributed by atoms with Crippen LogP contribution in [0.1, 0.15) is 20.3 Å². The first-order valence-electron chi connectivity index (χ1n) is 7.46. The lowest BCUT2D eigenvalue weighted by Gasteiger charge is -2.32. The topological polar surface area (TPSA) is 66.4 Å². The number of carbonyl (C=O) groups excluding carboxylic acids is 1. The number of carbonyl (C=O) groups is 2. The van der Waals surface area contributed by atoms with E-state index in [9.17, 15) is 14.7 Å². The molecule has 0 aliphatic carbocycles. The molecule has 6 heteroatoms. The second kappa shape index (κ2) is 8.38. The average molecular weight is 340 g/mol. The number of hydrogen-bond donors (Lipinski definition) is 2. The Bertz CT molecular complexity index is 507. The molecule has 1 rings (SSSR count). The summed E-state index contributed by atoms with van der Waals surface area (Å²) < 4.78 is 0. The van der Waals surface area contributed by atoms with Crippen LogP contribution in [0.25, 0.3) is 0 Å². The lowest BCUT2D eigenvalue weighted by Crippen LogP contribution is -2.52. The summed E-state index contributed by atoms with van der Waals surface area (Å²) in [6, 6.07) is 9.63. The molecule has 0 heterocycles. The second-order valence-electron chi connectivity index (χ2n) is 5.91. The van der Waals surface area contributed by atoms with Crippen molar-refractivity contribution in [2.45, 2.75) is 44.3 Å². The van der Waals surface area contributed by atoms with Gasteiger partial charge < -0.3 is 10.4 Å². The van der Waals surface area contributed by atoms with Crippen LogP contribution in [0.4, 0.5) is 0 Å². The van der Waals surface area contributed by atoms with Crippen molar-refractivity contribution in [2.24, 2.45) is 0 Å². The van der Waals surface area contributed by atoms with Gasteiger partial charge in [-0.05, 0) is 6.42 Å². The minimum Gasteiger partial charge on any atom is -0.480 e. The monoisotopic (exact) mass is 339 g/mol. The molecule has 1 amide bonds. The van der Waals surface area contributed by atoms with E-state index in [1.807, 2.05) is 6.07 Å². The zero-order chi connectivity index (χ0) is 16.8. The Balaban J connectivity index is 2.79. The summed E-state index contributed by atoms with van der Waals surface area (Å²) in [6.07, 6.45) is 0.991. The number of thioether (sulfide) groups is 1. The van der Waals surface area contributed by atoms with Gasteiger partial charge in [0.25, 0.3) is 0 Å². The maximum Gasteiger partial charge on any atom is 0.327 e. The van der Waals surface area contributed by atoms with Crippen LogP contribution in [0.5, 0.6) is 0 Å². The molecule has 1 aromatic carbocycles. The molecule has 2 N–H and O–H groups in total. The minimum atomic E-state index is -1.69. The number of rotatable bonds is 8. The van der Waals surface area contributed by atoms with Crippen LogP contribution in [-0.2, 0) is 9.59 Å². The SMILES string of the molecule is CCC(SC[C@H](NC(C)=O)C(=O)O)[Si](C)(C)c1ccccc1. The predicted molar refractivity (Wildman–Crippen MR) is 95.3 cm³/mol. The third-order valence-corrected chi connectivity index (χ3v) is 11.2. The molecule has 1 unspecified atom stereocenters. The summed E-state index contributed by atoms with van der Waals surface area (Å²) in [6.45, 7) is 8.12. The van der Waals surface area contributed by atoms with Crippen molar-refractivity contribution in [3.63, 3.8) is 0 Å². The molecule has 0 aliphatic heterocycles. The van der Waals surface area contributed by atoms with Crippen molar-refractivity contribution < 1.29 is 14.7 Å². The highest BCUT2D eigenvalue weighted by molar-refractivity contribution is 8.01. The van der Waals surface area contributed by atoms with Gasteiger partial charge in [0.2, 0.25) is 5.91 Å². The molecule has 0 aliphatic rings. The molecular weight excluding hydrogens is 314 g/mol. The fraction of sp³-hybridized carbons (Fsp3) is 0.500. The highest BCUT2D eigenvalue weighted by Crippen LogP contribution is 2.26. The van der Waals surface area contributed by atoms with Crippen molar-refractivity contribution in [3.05, 3.63) is 30.3 Å². The smallest absolute Gasteiger partial charge is 0.327 e. The number of carboxylic acids is 1. The van der Waals surface area contributed by atoms with E-state index >= 15 is 0 Å². The van der Waals surface area contributed by atoms with Gasteiger partial charge in [-0.25, -0.2) is 4.79 Å². The van der Waals surface area contributed by atoms with Crippen LogP contribution < -0.4 is 10.5 Å². The van der Waals surface area contributed by atoms with Gasteiger partial charge in [-0.2, -0.15) is 11.8 Å². The number of hydrogen-bond acceptors (Lipinski definition) is 3. The van der Waals surface area contributed by atoms with Gasteiger partial charge in [0.05, 0.1) is 8.07 Å². The van der Waals surface area contributed by atoms with Gasteiger partial charge in [0.15, 0.2) is 0 Å². The Morgan fingerprint density at radius 3 is 2.32 bits per heavy atom. The third kappa shape index (κ3) is 5.17. The molecule has 0 bridgehead atoms. The van der Waals surface area contributed by atoms with Crippen molar-refractivity contribution in [1.82, 2.24) is 5.32 Å². The van der Waals surface area contributed by atoms with Crippen LogP contribution in [0.2, 0.25) is 13.1 Å². The van der Waals surface area contributed by atoms with Gasteiger partial charge in [0.1, 0.15) is 6.04 Å². The summed E-state index contributed by atoms with van der Waals surface area (Å²) in [5.41, 5.74) is 0. The van der Waals surface area contributed by atoms with Crippen LogP contribution in [0.15, 0.2) is 30.3 Å². The van der Waals surface area contributed by atoms with Crippen molar-refractivity contribution in [2.75, 3.05) is 5.75 Å². The normalized spacial score (nSPS) is 14.2. The largest absolute Gasteiger partial charge is 0.480 e. The highest BCUT2D eigenvalue weighted by Gasteiger charge is 2.34. The number of carboxylic acid groups (broad SMARTS) is 1. The number of amides is 1. The van der Waals surface area contributed by atoms with E-state index in [1.165, 1.54) is 12.1 Å². The molecule has 0 spiro atoms. The quantitative estimate of drug-likeness (QED) is 0.713. The summed E-state index contributed by atoms with van der Waals surface area (Å²) in [5.74, 6) is -0.881. The highest BCUT2D eigenvalue weighted by atomic mass is 32.2. The molecule has 0 saturated heterocycles. The fourth-order valence-corrected chi connectivity index (χ4v) is 8.22. The van der Waals surface area contributed by atoms with E-state index in [4.69, 9.17) is 0 Å². The Labute approximate surface area is 137 Å². The molecule has 4 nitrogen and oxygen atoms in total. The third-order valence-electron chi connectivity index (χ3n) is 3.83. The molecule has 2 atom stereocenters. The zero-order valence-electron chi connectivity index (χ0n) is 13.6. The predicted octanol–water partition coefficient (Wildman–Crippen LogP) is 2.24. The molecule has 1 aromatic rings. The standard InChI is InChI=1S/C16H25NO3SSi/c1-5-15(21-11-14(16(19)20)17-12(2)18)22(3,4)13-9-7-6-8-10-13/h6-10,14-15H,5,11H2,1-4H3,(H,17,18)(H,19,20)/t14-,15?/m0/s1. The first kappa shape index (κ1) is 18.8. The Kier molecular flexibility index (Phi) is 7.15. The van der Waals surface area contributed by atoms with Crippen LogP contribution in [0, 0.1) is 0 Å². The van der Waals surface area contributed by atoms with Gasteiger partial charge in [-0.15, -0.1) is 0 Å². The molecule has 0 fully saturated rings. The Morgan fingerprint density at radius 1 is 1.27 bits per heavy atom. The van der Waals surface area contributed by atoms with Gasteiger partial charge in [-0.3, -0.25) is 4.79 Å². The molecule has 0 aromatic heterocycles. The van der Waals surface area contributed by atoms with Crippen molar-refractivity contribution in [1.29, 1.82) is 0 Å². The van der Waals surface area contributed by atoms with Crippen molar-refractivity contribution >= 4 is 36.9 Å². The van der Waals surface area contributed by atoms with Gasteiger partial charge in [-0.1, -0.05) is 55.5 Å². The maximum atomic E-state index is 11.2. The van der Waals surface area contributed by atoms with Crippen LogP contribution in [-0.4, -0.2) is 41.7 Å². The molecular formula is C16H25NO3SSi. The van der Waals surface area contributed by atoms with Gasteiger partial charge >= 0.3 is 5.97 Å². The number of benzene rings is 1. The lowest BCUT2D eigenvalue weighted by atomic mass is 10.3. The van der Waals surface area contributed by atoms with Crippen LogP contribution >= 0.6 is 11.8 Å². The lowest BCUT2D eigenvalue weighted by molar-refractivity contribution is -0.140. The second-order valence-corrected chi connectivity index (χ2v) is 12.3. The summed E-state index contributed by atoms with van der Waals surface area (Å²) in [7, 11) is -1.69. The fourth-order valence-electron chi connectivity index (χ4n) is 2.52. The minimum absolute atomic E-state index is 0.305. The number of aliphatic carboxylic acids is 1. The average Bonchev–Trinajstić information content (AvgIpc) is 2.46. The van der Waals surface area contributed by atoms with E-state index in [0.717, 1.165) is 6.42 Å². The molecule has 0 radical (unpaired) electrons. The van der Waals surface area contributed by atoms with Crippen LogP contribution in [0.3, 0.4) is 0 Å². The molecule has 22 heavy (non-hydrogen) atoms. The summed E-state index contributed by atoms with van der Waals surface area (Å²) in [5, 5.41) is 13.1. The number of nitrogens with one attached hydrogen (secondary N) is 1. The first-order chi connectivity index (χ1) is 10.3. The Hall–Kier alpha value is -1.27. The van der Waals surface area contributed by atoms with E-state index in [1.54, 1.807) is 11.8 Å². The van der Waals surface area contributed by atoms with E-state index in [2.05, 4.69) is 49.6 Å². The summed E-state index contributed by atoms with van der Waals surface area (Å²) >= 11 is 1.67. The van der Waals surface area contributed by atoms with E-state index in [-0.39, 0.29) is 5.91 Å². The summed E-state index contributed by atoms with van der Waals surface area (Å²) in [4.78, 5) is 22.8. The van der Waals surface area contributed by atoms with E-state index < -0.39 is 20.1 Å². The molecule has 0 saturated carbocycles. The zero-order valence-corrected chi connectivity index (χ0v) is 15.4. The Morgan fingerprint density at radius 2 is 1.86 bits per heavy atom. The van der Waals surface area contributed by atoms with Gasteiger partial charge in [0, 0.05) is 17.5 Å². The molecule has 122 valence electrons.